The Balaban J connectivity index is 1.75. The van der Waals surface area contributed by atoms with Gasteiger partial charge in [0, 0.05) is 0 Å². The maximum absolute atomic E-state index is 13.4. The zero-order valence-corrected chi connectivity index (χ0v) is 21.5. The predicted molar refractivity (Wildman–Crippen MR) is 132 cm³/mol. The molecule has 33 heavy (non-hydrogen) atoms. The molecule has 0 saturated carbocycles. The quantitative estimate of drug-likeness (QED) is 0.214. The van der Waals surface area contributed by atoms with Crippen molar-refractivity contribution in [1.82, 2.24) is 9.97 Å². The second-order valence-electron chi connectivity index (χ2n) is 9.28. The molecule has 0 spiro atoms. The molecule has 0 fully saturated rings. The number of fused-ring (bicyclic) bond motifs is 4. The molecule has 0 atom stereocenters. The molecule has 5 aromatic rings. The van der Waals surface area contributed by atoms with Gasteiger partial charge in [-0.3, -0.25) is 0 Å². The maximum atomic E-state index is 13.4. The predicted octanol–water partition coefficient (Wildman–Crippen LogP) is 7.10. The van der Waals surface area contributed by atoms with E-state index in [-0.39, 0.29) is 5.41 Å². The summed E-state index contributed by atoms with van der Waals surface area (Å²) in [4.78, 5) is 9.12. The Hall–Kier alpha value is -2.20. The summed E-state index contributed by atoms with van der Waals surface area (Å²) >= 11 is -0.729. The van der Waals surface area contributed by atoms with Gasteiger partial charge >= 0.3 is 205 Å². The monoisotopic (exact) mass is 580 g/mol. The van der Waals surface area contributed by atoms with E-state index in [0.29, 0.717) is 14.7 Å². The summed E-state index contributed by atoms with van der Waals surface area (Å²) in [5, 5.41) is 2.56. The molecule has 0 N–H and O–H groups in total. The van der Waals surface area contributed by atoms with Gasteiger partial charge in [-0.25, -0.2) is 0 Å². The first-order chi connectivity index (χ1) is 15.6. The summed E-state index contributed by atoms with van der Waals surface area (Å²) in [5.41, 5.74) is 3.67. The minimum absolute atomic E-state index is 0.133. The minimum atomic E-state index is -4.16. The zero-order valence-electron chi connectivity index (χ0n) is 18.3. The second-order valence-corrected chi connectivity index (χ2v) is 13.5. The van der Waals surface area contributed by atoms with Crippen LogP contribution < -0.4 is 3.61 Å². The molecule has 3 aromatic carbocycles. The van der Waals surface area contributed by atoms with E-state index in [9.17, 15) is 13.2 Å². The molecule has 0 aliphatic rings. The van der Waals surface area contributed by atoms with Crippen LogP contribution in [-0.4, -0.2) is 35.1 Å². The van der Waals surface area contributed by atoms with Crippen LogP contribution in [0, 0.1) is 5.41 Å². The van der Waals surface area contributed by atoms with Gasteiger partial charge in [0.1, 0.15) is 0 Å². The van der Waals surface area contributed by atoms with Crippen LogP contribution >= 0.6 is 11.3 Å². The van der Waals surface area contributed by atoms with Gasteiger partial charge < -0.3 is 0 Å². The molecule has 0 saturated heterocycles. The Kier molecular flexibility index (Phi) is 5.63. The number of halogens is 3. The van der Waals surface area contributed by atoms with E-state index in [0.717, 1.165) is 33.0 Å². The normalized spacial score (nSPS) is 12.8. The molecule has 0 bridgehead atoms. The standard InChI is InChI=1S/C26H21F3N2STe/c1-25(2,3)13-16-8-6-10-19-22-24(32-23(16)19)21(30-14-31-22)17-11-15-7-4-5-9-18(15)20(12-17)33-26(27,28)29/h4-12,14H,13H2,1-3H3. The SMILES string of the molecule is CC(C)(C)Cc1cccc2c1sc1c(-c3cc([Te]C(F)(F)F)c4ccccc4c3)ncnc12. The summed E-state index contributed by atoms with van der Waals surface area (Å²) in [6.07, 6.45) is 2.45. The molecule has 0 amide bonds. The number of benzene rings is 3. The van der Waals surface area contributed by atoms with Crippen molar-refractivity contribution in [2.75, 3.05) is 0 Å². The number of hydrogen-bond acceptors (Lipinski definition) is 3. The van der Waals surface area contributed by atoms with Crippen LogP contribution in [0.2, 0.25) is 0 Å². The van der Waals surface area contributed by atoms with E-state index in [2.05, 4.69) is 48.9 Å². The summed E-state index contributed by atoms with van der Waals surface area (Å²) in [5.74, 6) is 0. The molecule has 5 rings (SSSR count). The van der Waals surface area contributed by atoms with Gasteiger partial charge in [0.15, 0.2) is 0 Å². The van der Waals surface area contributed by atoms with Crippen LogP contribution in [0.5, 0.6) is 0 Å². The summed E-state index contributed by atoms with van der Waals surface area (Å²) in [6, 6.07) is 17.2. The number of alkyl halides is 3. The van der Waals surface area contributed by atoms with E-state index in [1.807, 2.05) is 18.2 Å². The molecule has 2 heterocycles. The topological polar surface area (TPSA) is 25.8 Å². The summed E-state index contributed by atoms with van der Waals surface area (Å²) in [7, 11) is 0. The Morgan fingerprint density at radius 1 is 0.879 bits per heavy atom. The second kappa shape index (κ2) is 8.23. The summed E-state index contributed by atoms with van der Waals surface area (Å²) < 4.78 is 38.6. The first kappa shape index (κ1) is 22.6. The van der Waals surface area contributed by atoms with Crippen LogP contribution in [0.4, 0.5) is 13.2 Å². The number of aromatic nitrogens is 2. The fourth-order valence-electron chi connectivity index (χ4n) is 4.19. The third-order valence-corrected chi connectivity index (χ3v) is 8.93. The van der Waals surface area contributed by atoms with Crippen LogP contribution in [0.3, 0.4) is 0 Å². The van der Waals surface area contributed by atoms with Crippen molar-refractivity contribution in [2.45, 2.75) is 31.4 Å². The van der Waals surface area contributed by atoms with Crippen molar-refractivity contribution in [2.24, 2.45) is 5.41 Å². The number of nitrogens with zero attached hydrogens (tertiary/aromatic N) is 2. The summed E-state index contributed by atoms with van der Waals surface area (Å²) in [6.45, 7) is 6.64. The molecule has 7 heteroatoms. The van der Waals surface area contributed by atoms with Gasteiger partial charge in [-0.2, -0.15) is 0 Å². The van der Waals surface area contributed by atoms with Gasteiger partial charge in [0.2, 0.25) is 0 Å². The van der Waals surface area contributed by atoms with Gasteiger partial charge in [-0.1, -0.05) is 0 Å². The molecular weight excluding hydrogens is 557 g/mol. The fourth-order valence-corrected chi connectivity index (χ4v) is 7.56. The van der Waals surface area contributed by atoms with Crippen LogP contribution in [0.15, 0.2) is 60.9 Å². The fraction of sp³-hybridized carbons (Fsp3) is 0.231. The number of thiophene rings is 1. The Morgan fingerprint density at radius 2 is 1.64 bits per heavy atom. The van der Waals surface area contributed by atoms with Crippen molar-refractivity contribution < 1.29 is 13.2 Å². The third-order valence-electron chi connectivity index (χ3n) is 5.40. The average molecular weight is 578 g/mol. The Labute approximate surface area is 204 Å². The molecule has 0 unspecified atom stereocenters. The van der Waals surface area contributed by atoms with Crippen molar-refractivity contribution in [3.63, 3.8) is 0 Å². The number of hydrogen-bond donors (Lipinski definition) is 0. The third kappa shape index (κ3) is 4.59. The molecule has 0 aliphatic heterocycles. The Bertz CT molecular complexity index is 1500. The van der Waals surface area contributed by atoms with E-state index in [1.165, 1.54) is 16.6 Å². The van der Waals surface area contributed by atoms with Crippen LogP contribution in [0.1, 0.15) is 26.3 Å². The zero-order chi connectivity index (χ0) is 23.4. The van der Waals surface area contributed by atoms with Crippen molar-refractivity contribution in [3.05, 3.63) is 66.5 Å². The van der Waals surface area contributed by atoms with Gasteiger partial charge in [-0.05, 0) is 0 Å². The van der Waals surface area contributed by atoms with Gasteiger partial charge in [0.25, 0.3) is 0 Å². The van der Waals surface area contributed by atoms with Crippen molar-refractivity contribution in [3.8, 4) is 11.3 Å². The average Bonchev–Trinajstić information content (AvgIpc) is 3.11. The first-order valence-electron chi connectivity index (χ1n) is 10.5. The first-order valence-corrected chi connectivity index (χ1v) is 13.7. The van der Waals surface area contributed by atoms with E-state index in [4.69, 9.17) is 0 Å². The van der Waals surface area contributed by atoms with Crippen LogP contribution in [0.25, 0.3) is 42.3 Å². The molecule has 2 nitrogen and oxygen atoms in total. The molecule has 2 aromatic heterocycles. The molecule has 0 radical (unpaired) electrons. The molecule has 0 aliphatic carbocycles. The van der Waals surface area contributed by atoms with E-state index in [1.54, 1.807) is 29.5 Å². The van der Waals surface area contributed by atoms with Gasteiger partial charge in [0.05, 0.1) is 0 Å². The molecular formula is C26H21F3N2STe. The van der Waals surface area contributed by atoms with E-state index >= 15 is 0 Å². The van der Waals surface area contributed by atoms with E-state index < -0.39 is 25.1 Å². The van der Waals surface area contributed by atoms with Gasteiger partial charge in [-0.15, -0.1) is 0 Å². The van der Waals surface area contributed by atoms with Crippen LogP contribution in [-0.2, 0) is 6.42 Å². The Morgan fingerprint density at radius 3 is 2.39 bits per heavy atom. The van der Waals surface area contributed by atoms with Crippen molar-refractivity contribution >= 4 is 66.9 Å². The molecule has 168 valence electrons. The van der Waals surface area contributed by atoms with Crippen molar-refractivity contribution in [1.29, 1.82) is 0 Å². The number of rotatable bonds is 3.